The van der Waals surface area contributed by atoms with E-state index in [-0.39, 0.29) is 49.9 Å². The predicted octanol–water partition coefficient (Wildman–Crippen LogP) is 4.38. The van der Waals surface area contributed by atoms with Crippen LogP contribution in [0.3, 0.4) is 0 Å². The van der Waals surface area contributed by atoms with Gasteiger partial charge in [-0.05, 0) is 62.1 Å². The highest BCUT2D eigenvalue weighted by Crippen LogP contribution is 2.34. The molecule has 12 nitrogen and oxygen atoms in total. The number of nitrogens with zero attached hydrogens (tertiary/aromatic N) is 5. The number of carboxylic acid groups (broad SMARTS) is 1. The zero-order valence-corrected chi connectivity index (χ0v) is 28.6. The van der Waals surface area contributed by atoms with Gasteiger partial charge < -0.3 is 30.9 Å². The van der Waals surface area contributed by atoms with E-state index in [0.717, 1.165) is 16.8 Å². The molecule has 2 saturated heterocycles. The molecule has 1 aromatic carbocycles. The number of halogens is 3. The fourth-order valence-corrected chi connectivity index (χ4v) is 6.18. The molecular weight excluding hydrogens is 673 g/mol. The summed E-state index contributed by atoms with van der Waals surface area (Å²) >= 11 is 0. The van der Waals surface area contributed by atoms with Crippen LogP contribution in [0.1, 0.15) is 49.9 Å². The quantitative estimate of drug-likeness (QED) is 0.202. The second-order valence-corrected chi connectivity index (χ2v) is 12.3. The van der Waals surface area contributed by atoms with Crippen LogP contribution in [-0.2, 0) is 22.2 Å². The van der Waals surface area contributed by atoms with Crippen LogP contribution in [0.4, 0.5) is 29.6 Å². The van der Waals surface area contributed by atoms with E-state index in [1.54, 1.807) is 17.2 Å². The molecule has 50 heavy (non-hydrogen) atoms. The van der Waals surface area contributed by atoms with Crippen LogP contribution < -0.4 is 25.8 Å². The minimum atomic E-state index is -4.76. The van der Waals surface area contributed by atoms with Gasteiger partial charge in [0.25, 0.3) is 0 Å². The third-order valence-corrected chi connectivity index (χ3v) is 8.83. The number of amides is 3. The van der Waals surface area contributed by atoms with Gasteiger partial charge in [0.2, 0.25) is 11.7 Å². The average Bonchev–Trinajstić information content (AvgIpc) is 3.59. The van der Waals surface area contributed by atoms with Gasteiger partial charge in [-0.3, -0.25) is 14.6 Å². The Kier molecular flexibility index (Phi) is 13.7. The van der Waals surface area contributed by atoms with Crippen LogP contribution in [0.25, 0.3) is 11.3 Å². The molecule has 0 bridgehead atoms. The van der Waals surface area contributed by atoms with E-state index >= 15 is 0 Å². The van der Waals surface area contributed by atoms with Gasteiger partial charge in [-0.25, -0.2) is 14.8 Å². The summed E-state index contributed by atoms with van der Waals surface area (Å²) in [6, 6.07) is 14.1. The van der Waals surface area contributed by atoms with E-state index in [1.165, 1.54) is 0 Å². The Morgan fingerprint density at radius 1 is 0.880 bits per heavy atom. The number of alkyl halides is 3. The Morgan fingerprint density at radius 3 is 2.28 bits per heavy atom. The SMILES string of the molecule is O=C(O)CCNC(=O)NCCC1CCN(c2cc(N3CCC[C@H]3C(=O)NCCc3ccc(-c4ccccn4)cc3)nc(C(F)(F)F)n2)CC1.S. The van der Waals surface area contributed by atoms with Crippen LogP contribution in [0.15, 0.2) is 54.7 Å². The molecule has 270 valence electrons. The molecule has 0 unspecified atom stereocenters. The van der Waals surface area contributed by atoms with Crippen molar-refractivity contribution in [2.45, 2.75) is 57.2 Å². The first-order valence-corrected chi connectivity index (χ1v) is 16.6. The van der Waals surface area contributed by atoms with E-state index in [0.29, 0.717) is 71.2 Å². The molecule has 0 radical (unpaired) electrons. The second kappa shape index (κ2) is 17.9. The van der Waals surface area contributed by atoms with E-state index in [2.05, 4.69) is 30.9 Å². The molecule has 2 aromatic heterocycles. The number of carboxylic acids is 1. The molecule has 2 aliphatic heterocycles. The van der Waals surface area contributed by atoms with Crippen molar-refractivity contribution >= 4 is 43.0 Å². The summed E-state index contributed by atoms with van der Waals surface area (Å²) in [7, 11) is 0. The number of rotatable bonds is 13. The third kappa shape index (κ3) is 10.7. The lowest BCUT2D eigenvalue weighted by Gasteiger charge is -2.34. The van der Waals surface area contributed by atoms with Crippen molar-refractivity contribution in [2.24, 2.45) is 5.92 Å². The number of aromatic nitrogens is 3. The fraction of sp³-hybridized carbons (Fsp3) is 0.471. The molecule has 0 aliphatic carbocycles. The van der Waals surface area contributed by atoms with Crippen molar-refractivity contribution < 1.29 is 32.7 Å². The van der Waals surface area contributed by atoms with E-state index in [1.807, 2.05) is 47.4 Å². The molecule has 4 heterocycles. The van der Waals surface area contributed by atoms with Crippen molar-refractivity contribution in [3.05, 3.63) is 66.1 Å². The number of urea groups is 1. The zero-order chi connectivity index (χ0) is 34.8. The standard InChI is InChI=1S/C34H41F3N8O4.H2S/c35-34(36,37)32-42-28(44-20-13-24(14-21-44)11-17-40-33(49)41-18-12-30(46)47)22-29(43-32)45-19-3-5-27(45)31(48)39-16-10-23-6-8-25(9-7-23)26-4-1-2-15-38-26;/h1-2,4,6-9,15,22,24,27H,3,5,10-14,16-21H2,(H,39,48)(H,46,47)(H2,40,41,49);1H2/t27-;/m0./s1. The van der Waals surface area contributed by atoms with Gasteiger partial charge in [0.15, 0.2) is 0 Å². The lowest BCUT2D eigenvalue weighted by atomic mass is 9.93. The average molecular weight is 717 g/mol. The lowest BCUT2D eigenvalue weighted by molar-refractivity contribution is -0.144. The highest BCUT2D eigenvalue weighted by atomic mass is 32.1. The first kappa shape index (κ1) is 38.2. The van der Waals surface area contributed by atoms with Crippen molar-refractivity contribution in [3.8, 4) is 11.3 Å². The number of hydrogen-bond donors (Lipinski definition) is 4. The van der Waals surface area contributed by atoms with Gasteiger partial charge in [0, 0.05) is 57.1 Å². The molecule has 0 spiro atoms. The van der Waals surface area contributed by atoms with Gasteiger partial charge in [0.05, 0.1) is 12.1 Å². The highest BCUT2D eigenvalue weighted by Gasteiger charge is 2.39. The number of benzene rings is 1. The topological polar surface area (TPSA) is 153 Å². The molecule has 5 rings (SSSR count). The molecular formula is C34H43F3N8O4S. The number of anilines is 2. The number of carbonyl (C=O) groups excluding carboxylic acids is 2. The molecule has 2 fully saturated rings. The summed E-state index contributed by atoms with van der Waals surface area (Å²) in [4.78, 5) is 51.3. The molecule has 0 saturated carbocycles. The van der Waals surface area contributed by atoms with Crippen LogP contribution in [0.2, 0.25) is 0 Å². The van der Waals surface area contributed by atoms with Crippen molar-refractivity contribution in [2.75, 3.05) is 49.1 Å². The van der Waals surface area contributed by atoms with Gasteiger partial charge in [-0.15, -0.1) is 0 Å². The van der Waals surface area contributed by atoms with Crippen LogP contribution in [0.5, 0.6) is 0 Å². The van der Waals surface area contributed by atoms with E-state index in [4.69, 9.17) is 5.11 Å². The minimum absolute atomic E-state index is 0. The maximum Gasteiger partial charge on any atom is 0.451 e. The van der Waals surface area contributed by atoms with Gasteiger partial charge >= 0.3 is 18.2 Å². The second-order valence-electron chi connectivity index (χ2n) is 12.3. The normalized spacial score (nSPS) is 16.4. The van der Waals surface area contributed by atoms with Gasteiger partial charge in [-0.2, -0.15) is 26.7 Å². The maximum absolute atomic E-state index is 14.0. The summed E-state index contributed by atoms with van der Waals surface area (Å²) in [5, 5.41) is 16.8. The molecule has 16 heteroatoms. The number of carbonyl (C=O) groups is 3. The molecule has 4 N–H and O–H groups in total. The first-order chi connectivity index (χ1) is 23.6. The molecule has 3 amide bonds. The first-order valence-electron chi connectivity index (χ1n) is 16.6. The van der Waals surface area contributed by atoms with Crippen molar-refractivity contribution in [1.82, 2.24) is 30.9 Å². The molecule has 1 atom stereocenters. The number of pyridine rings is 1. The van der Waals surface area contributed by atoms with Gasteiger partial charge in [0.1, 0.15) is 17.7 Å². The molecule has 3 aromatic rings. The Hall–Kier alpha value is -4.60. The van der Waals surface area contributed by atoms with Crippen molar-refractivity contribution in [3.63, 3.8) is 0 Å². The van der Waals surface area contributed by atoms with E-state index in [9.17, 15) is 27.6 Å². The minimum Gasteiger partial charge on any atom is -0.481 e. The number of nitrogens with one attached hydrogen (secondary N) is 3. The fourth-order valence-electron chi connectivity index (χ4n) is 6.18. The van der Waals surface area contributed by atoms with Crippen LogP contribution in [-0.4, -0.2) is 83.3 Å². The predicted molar refractivity (Wildman–Crippen MR) is 187 cm³/mol. The monoisotopic (exact) mass is 716 g/mol. The summed E-state index contributed by atoms with van der Waals surface area (Å²) in [5.74, 6) is -1.97. The largest absolute Gasteiger partial charge is 0.481 e. The van der Waals surface area contributed by atoms with Crippen molar-refractivity contribution in [1.29, 1.82) is 0 Å². The summed E-state index contributed by atoms with van der Waals surface area (Å²) < 4.78 is 41.9. The smallest absolute Gasteiger partial charge is 0.451 e. The Bertz CT molecular complexity index is 1570. The van der Waals surface area contributed by atoms with Crippen LogP contribution >= 0.6 is 13.5 Å². The number of aliphatic carboxylic acids is 1. The number of hydrogen-bond acceptors (Lipinski definition) is 8. The summed E-state index contributed by atoms with van der Waals surface area (Å²) in [6.07, 6.45) is 0.641. The summed E-state index contributed by atoms with van der Waals surface area (Å²) in [6.45, 7) is 2.18. The molecule has 2 aliphatic rings. The maximum atomic E-state index is 14.0. The van der Waals surface area contributed by atoms with Gasteiger partial charge in [-0.1, -0.05) is 30.3 Å². The third-order valence-electron chi connectivity index (χ3n) is 8.83. The Morgan fingerprint density at radius 2 is 1.60 bits per heavy atom. The number of piperidine rings is 1. The summed E-state index contributed by atoms with van der Waals surface area (Å²) in [5.41, 5.74) is 2.91. The highest BCUT2D eigenvalue weighted by molar-refractivity contribution is 7.59. The Balaban J connectivity index is 0.00000562. The van der Waals surface area contributed by atoms with E-state index < -0.39 is 30.0 Å². The lowest BCUT2D eigenvalue weighted by Crippen LogP contribution is -2.44. The zero-order valence-electron chi connectivity index (χ0n) is 27.6. The Labute approximate surface area is 295 Å². The van der Waals surface area contributed by atoms with Crippen LogP contribution in [0, 0.1) is 5.92 Å².